The van der Waals surface area contributed by atoms with Gasteiger partial charge in [-0.3, -0.25) is 0 Å². The minimum absolute atomic E-state index is 0.605. The third-order valence-electron chi connectivity index (χ3n) is 2.55. The number of hydrogen-bond acceptors (Lipinski definition) is 1. The summed E-state index contributed by atoms with van der Waals surface area (Å²) in [5, 5.41) is 0. The zero-order chi connectivity index (χ0) is 8.39. The fourth-order valence-corrected chi connectivity index (χ4v) is 2.71. The standard InChI is InChI=1S/C9H13BrN2/c10-8-4-2-1-3-7(8)9-11-5-6-12-9/h5-8H,1-4H2,(H,11,12). The SMILES string of the molecule is BrC1CCCCC1c1ncc[nH]1. The first-order valence-corrected chi connectivity index (χ1v) is 5.43. The molecule has 66 valence electrons. The van der Waals surface area contributed by atoms with E-state index in [1.165, 1.54) is 25.7 Å². The van der Waals surface area contributed by atoms with E-state index in [-0.39, 0.29) is 0 Å². The van der Waals surface area contributed by atoms with Crippen molar-refractivity contribution in [1.82, 2.24) is 9.97 Å². The minimum Gasteiger partial charge on any atom is -0.348 e. The third-order valence-corrected chi connectivity index (χ3v) is 3.65. The van der Waals surface area contributed by atoms with Gasteiger partial charge in [-0.25, -0.2) is 4.98 Å². The maximum absolute atomic E-state index is 4.30. The van der Waals surface area contributed by atoms with Crippen molar-refractivity contribution in [3.05, 3.63) is 18.2 Å². The molecule has 2 rings (SSSR count). The Morgan fingerprint density at radius 3 is 2.92 bits per heavy atom. The number of aromatic nitrogens is 2. The lowest BCUT2D eigenvalue weighted by molar-refractivity contribution is 0.448. The summed E-state index contributed by atoms with van der Waals surface area (Å²) in [7, 11) is 0. The lowest BCUT2D eigenvalue weighted by atomic mass is 9.89. The Hall–Kier alpha value is -0.310. The van der Waals surface area contributed by atoms with Gasteiger partial charge in [-0.2, -0.15) is 0 Å². The fraction of sp³-hybridized carbons (Fsp3) is 0.667. The molecule has 0 bridgehead atoms. The second-order valence-corrected chi connectivity index (χ2v) is 4.56. The molecule has 2 atom stereocenters. The van der Waals surface area contributed by atoms with Crippen molar-refractivity contribution in [2.24, 2.45) is 0 Å². The van der Waals surface area contributed by atoms with Crippen molar-refractivity contribution in [1.29, 1.82) is 0 Å². The summed E-state index contributed by atoms with van der Waals surface area (Å²) in [6.07, 6.45) is 8.99. The van der Waals surface area contributed by atoms with Gasteiger partial charge in [0.05, 0.1) is 0 Å². The highest BCUT2D eigenvalue weighted by Crippen LogP contribution is 2.35. The fourth-order valence-electron chi connectivity index (χ4n) is 1.87. The number of alkyl halides is 1. The summed E-state index contributed by atoms with van der Waals surface area (Å²) in [6, 6.07) is 0. The van der Waals surface area contributed by atoms with Gasteiger partial charge in [0.2, 0.25) is 0 Å². The summed E-state index contributed by atoms with van der Waals surface area (Å²) in [5.41, 5.74) is 0. The molecule has 0 radical (unpaired) electrons. The molecule has 0 amide bonds. The molecule has 1 aromatic heterocycles. The molecule has 12 heavy (non-hydrogen) atoms. The molecule has 0 saturated heterocycles. The maximum atomic E-state index is 4.30. The Kier molecular flexibility index (Phi) is 2.49. The number of halogens is 1. The molecule has 2 nitrogen and oxygen atoms in total. The molecule has 1 aliphatic carbocycles. The number of aromatic amines is 1. The van der Waals surface area contributed by atoms with Crippen LogP contribution in [0.1, 0.15) is 37.4 Å². The van der Waals surface area contributed by atoms with Crippen LogP contribution in [0.15, 0.2) is 12.4 Å². The van der Waals surface area contributed by atoms with E-state index in [2.05, 4.69) is 25.9 Å². The first-order chi connectivity index (χ1) is 5.88. The van der Waals surface area contributed by atoms with Crippen LogP contribution in [0.4, 0.5) is 0 Å². The Bertz CT molecular complexity index is 233. The maximum Gasteiger partial charge on any atom is 0.110 e. The van der Waals surface area contributed by atoms with Crippen LogP contribution < -0.4 is 0 Å². The van der Waals surface area contributed by atoms with Gasteiger partial charge in [-0.1, -0.05) is 28.8 Å². The molecule has 1 fully saturated rings. The molecule has 0 aliphatic heterocycles. The summed E-state index contributed by atoms with van der Waals surface area (Å²) in [6.45, 7) is 0. The van der Waals surface area contributed by atoms with Gasteiger partial charge in [-0.05, 0) is 12.8 Å². The highest BCUT2D eigenvalue weighted by Gasteiger charge is 2.25. The van der Waals surface area contributed by atoms with Gasteiger partial charge < -0.3 is 4.98 Å². The minimum atomic E-state index is 0.605. The molecule has 1 heterocycles. The van der Waals surface area contributed by atoms with Crippen molar-refractivity contribution in [3.63, 3.8) is 0 Å². The second-order valence-electron chi connectivity index (χ2n) is 3.38. The summed E-state index contributed by atoms with van der Waals surface area (Å²) in [5.74, 6) is 1.75. The van der Waals surface area contributed by atoms with Crippen molar-refractivity contribution >= 4 is 15.9 Å². The van der Waals surface area contributed by atoms with E-state index in [0.717, 1.165) is 5.82 Å². The van der Waals surface area contributed by atoms with Crippen LogP contribution in [0.25, 0.3) is 0 Å². The molecule has 1 saturated carbocycles. The van der Waals surface area contributed by atoms with Crippen molar-refractivity contribution < 1.29 is 0 Å². The summed E-state index contributed by atoms with van der Waals surface area (Å²) in [4.78, 5) is 8.12. The number of imidazole rings is 1. The van der Waals surface area contributed by atoms with Gasteiger partial charge >= 0.3 is 0 Å². The Morgan fingerprint density at radius 2 is 2.25 bits per heavy atom. The Balaban J connectivity index is 2.11. The first kappa shape index (κ1) is 8.30. The van der Waals surface area contributed by atoms with Gasteiger partial charge in [0.15, 0.2) is 0 Å². The quantitative estimate of drug-likeness (QED) is 0.737. The molecule has 0 aromatic carbocycles. The van der Waals surface area contributed by atoms with E-state index in [1.807, 2.05) is 12.4 Å². The smallest absolute Gasteiger partial charge is 0.110 e. The highest BCUT2D eigenvalue weighted by molar-refractivity contribution is 9.09. The average molecular weight is 229 g/mol. The van der Waals surface area contributed by atoms with Crippen LogP contribution in [0, 0.1) is 0 Å². The first-order valence-electron chi connectivity index (χ1n) is 4.51. The van der Waals surface area contributed by atoms with Crippen molar-refractivity contribution in [2.75, 3.05) is 0 Å². The Labute approximate surface area is 80.9 Å². The topological polar surface area (TPSA) is 28.7 Å². The van der Waals surface area contributed by atoms with Crippen LogP contribution in [0.5, 0.6) is 0 Å². The zero-order valence-electron chi connectivity index (χ0n) is 6.96. The van der Waals surface area contributed by atoms with Gasteiger partial charge in [0.1, 0.15) is 5.82 Å². The zero-order valence-corrected chi connectivity index (χ0v) is 8.55. The van der Waals surface area contributed by atoms with Gasteiger partial charge in [0, 0.05) is 23.1 Å². The second kappa shape index (κ2) is 3.60. The predicted octanol–water partition coefficient (Wildman–Crippen LogP) is 2.83. The number of nitrogens with one attached hydrogen (secondary N) is 1. The van der Waals surface area contributed by atoms with Crippen molar-refractivity contribution in [3.8, 4) is 0 Å². The van der Waals surface area contributed by atoms with E-state index in [9.17, 15) is 0 Å². The summed E-state index contributed by atoms with van der Waals surface area (Å²) >= 11 is 3.72. The highest BCUT2D eigenvalue weighted by atomic mass is 79.9. The molecular formula is C9H13BrN2. The van der Waals surface area contributed by atoms with E-state index < -0.39 is 0 Å². The lowest BCUT2D eigenvalue weighted by Gasteiger charge is -2.25. The number of nitrogens with zero attached hydrogens (tertiary/aromatic N) is 1. The number of H-pyrrole nitrogens is 1. The third kappa shape index (κ3) is 1.56. The molecule has 1 N–H and O–H groups in total. The molecule has 1 aromatic rings. The van der Waals surface area contributed by atoms with Crippen LogP contribution >= 0.6 is 15.9 Å². The molecule has 1 aliphatic rings. The van der Waals surface area contributed by atoms with Crippen LogP contribution in [0.3, 0.4) is 0 Å². The average Bonchev–Trinajstić information content (AvgIpc) is 2.57. The molecule has 3 heteroatoms. The van der Waals surface area contributed by atoms with Crippen molar-refractivity contribution in [2.45, 2.75) is 36.4 Å². The number of rotatable bonds is 1. The monoisotopic (exact) mass is 228 g/mol. The predicted molar refractivity (Wildman–Crippen MR) is 52.5 cm³/mol. The lowest BCUT2D eigenvalue weighted by Crippen LogP contribution is -2.18. The van der Waals surface area contributed by atoms with E-state index in [1.54, 1.807) is 0 Å². The largest absolute Gasteiger partial charge is 0.348 e. The van der Waals surface area contributed by atoms with Crippen LogP contribution in [0.2, 0.25) is 0 Å². The number of hydrogen-bond donors (Lipinski definition) is 1. The van der Waals surface area contributed by atoms with E-state index in [0.29, 0.717) is 10.7 Å². The molecule has 2 unspecified atom stereocenters. The van der Waals surface area contributed by atoms with Crippen LogP contribution in [-0.2, 0) is 0 Å². The molecular weight excluding hydrogens is 216 g/mol. The normalized spacial score (nSPS) is 30.4. The summed E-state index contributed by atoms with van der Waals surface area (Å²) < 4.78 is 0. The Morgan fingerprint density at radius 1 is 1.42 bits per heavy atom. The van der Waals surface area contributed by atoms with E-state index in [4.69, 9.17) is 0 Å². The van der Waals surface area contributed by atoms with E-state index >= 15 is 0 Å². The van der Waals surface area contributed by atoms with Crippen LogP contribution in [-0.4, -0.2) is 14.8 Å². The molecule has 0 spiro atoms. The van der Waals surface area contributed by atoms with Gasteiger partial charge in [-0.15, -0.1) is 0 Å². The van der Waals surface area contributed by atoms with Gasteiger partial charge in [0.25, 0.3) is 0 Å².